The van der Waals surface area contributed by atoms with Gasteiger partial charge in [0.1, 0.15) is 0 Å². The number of terminal acetylenes is 1. The van der Waals surface area contributed by atoms with Crippen LogP contribution in [0.5, 0.6) is 0 Å². The first-order valence-corrected chi connectivity index (χ1v) is 7.97. The fraction of sp³-hybridized carbons (Fsp3) is 0.353. The van der Waals surface area contributed by atoms with Crippen molar-refractivity contribution in [2.24, 2.45) is 10.2 Å². The molecule has 0 saturated heterocycles. The summed E-state index contributed by atoms with van der Waals surface area (Å²) in [4.78, 5) is 23.8. The first kappa shape index (κ1) is 16.6. The van der Waals surface area contributed by atoms with Crippen molar-refractivity contribution in [3.63, 3.8) is 0 Å². The Morgan fingerprint density at radius 1 is 1.24 bits per heavy atom. The Hall–Kier alpha value is -3.21. The lowest BCUT2D eigenvalue weighted by Gasteiger charge is -2.09. The number of carbonyl (C=O) groups is 2. The van der Waals surface area contributed by atoms with E-state index in [-0.39, 0.29) is 24.8 Å². The molecule has 0 saturated carbocycles. The Bertz CT molecular complexity index is 857. The third-order valence-corrected chi connectivity index (χ3v) is 3.98. The summed E-state index contributed by atoms with van der Waals surface area (Å²) in [6, 6.07) is 5.42. The molecule has 3 rings (SSSR count). The summed E-state index contributed by atoms with van der Waals surface area (Å²) in [6.07, 6.45) is 8.94. The zero-order chi connectivity index (χ0) is 17.7. The minimum absolute atomic E-state index is 0.0918. The van der Waals surface area contributed by atoms with Gasteiger partial charge in [0.2, 0.25) is 11.8 Å². The smallest absolute Gasteiger partial charge is 0.243 e. The Balaban J connectivity index is 1.39. The largest absolute Gasteiger partial charge is 0.347 e. The molecule has 0 spiro atoms. The van der Waals surface area contributed by atoms with E-state index in [0.29, 0.717) is 24.9 Å². The van der Waals surface area contributed by atoms with Crippen LogP contribution in [-0.2, 0) is 9.59 Å². The molecule has 0 radical (unpaired) electrons. The van der Waals surface area contributed by atoms with Crippen molar-refractivity contribution in [1.29, 1.82) is 0 Å². The lowest BCUT2D eigenvalue weighted by molar-refractivity contribution is -0.124. The number of carbonyl (C=O) groups excluding carboxylic acids is 2. The fourth-order valence-electron chi connectivity index (χ4n) is 2.47. The number of nitrogens with zero attached hydrogens (tertiary/aromatic N) is 3. The summed E-state index contributed by atoms with van der Waals surface area (Å²) < 4.78 is 0. The van der Waals surface area contributed by atoms with Crippen LogP contribution in [0.25, 0.3) is 10.9 Å². The molecule has 0 unspecified atom stereocenters. The molecule has 25 heavy (non-hydrogen) atoms. The number of amides is 2. The van der Waals surface area contributed by atoms with Crippen molar-refractivity contribution in [2.45, 2.75) is 31.3 Å². The maximum atomic E-state index is 11.9. The van der Waals surface area contributed by atoms with E-state index >= 15 is 0 Å². The summed E-state index contributed by atoms with van der Waals surface area (Å²) in [6.45, 7) is -0.0918. The van der Waals surface area contributed by atoms with Gasteiger partial charge in [0.25, 0.3) is 0 Å². The van der Waals surface area contributed by atoms with Crippen LogP contribution >= 0.6 is 0 Å². The van der Waals surface area contributed by atoms with Crippen LogP contribution in [0.4, 0.5) is 5.69 Å². The van der Waals surface area contributed by atoms with E-state index in [1.807, 2.05) is 6.07 Å². The van der Waals surface area contributed by atoms with Gasteiger partial charge in [-0.2, -0.15) is 15.3 Å². The standard InChI is InChI=1S/C17H18N6O2/c1-2-3-7-17(22-23-17)8-6-15(24)18-11-16(25)20-13-5-4-12-10-19-21-14(12)9-13/h1,4-5,9-10H,3,6-8,11H2,(H,18,24)(H,19,21)(H,20,25). The van der Waals surface area contributed by atoms with Crippen LogP contribution in [0, 0.1) is 12.3 Å². The van der Waals surface area contributed by atoms with Gasteiger partial charge in [-0.15, -0.1) is 12.3 Å². The molecule has 128 valence electrons. The number of fused-ring (bicyclic) bond motifs is 1. The average Bonchev–Trinajstić information content (AvgIpc) is 3.23. The molecule has 0 aliphatic carbocycles. The van der Waals surface area contributed by atoms with Gasteiger partial charge in [0.15, 0.2) is 5.66 Å². The molecule has 2 aromatic rings. The highest BCUT2D eigenvalue weighted by Gasteiger charge is 2.39. The lowest BCUT2D eigenvalue weighted by atomic mass is 10.0. The van der Waals surface area contributed by atoms with Crippen LogP contribution in [0.15, 0.2) is 34.6 Å². The van der Waals surface area contributed by atoms with Gasteiger partial charge in [0, 0.05) is 36.8 Å². The SMILES string of the molecule is C#CCCC1(CCC(=O)NCC(=O)Nc2ccc3cn[nH]c3c2)N=N1. The Labute approximate surface area is 144 Å². The van der Waals surface area contributed by atoms with Gasteiger partial charge in [-0.05, 0) is 18.2 Å². The molecule has 8 nitrogen and oxygen atoms in total. The molecular formula is C17H18N6O2. The second kappa shape index (κ2) is 7.13. The van der Waals surface area contributed by atoms with Crippen LogP contribution in [0.3, 0.4) is 0 Å². The number of aromatic amines is 1. The molecule has 1 aromatic carbocycles. The number of benzene rings is 1. The number of anilines is 1. The van der Waals surface area contributed by atoms with Crippen LogP contribution in [0.1, 0.15) is 25.7 Å². The number of aromatic nitrogens is 2. The molecule has 2 amide bonds. The molecule has 0 bridgehead atoms. The molecule has 0 atom stereocenters. The monoisotopic (exact) mass is 338 g/mol. The van der Waals surface area contributed by atoms with Crippen molar-refractivity contribution < 1.29 is 9.59 Å². The Kier molecular flexibility index (Phi) is 4.75. The summed E-state index contributed by atoms with van der Waals surface area (Å²) in [5.41, 5.74) is 0.988. The Morgan fingerprint density at radius 2 is 2.08 bits per heavy atom. The van der Waals surface area contributed by atoms with E-state index in [9.17, 15) is 9.59 Å². The highest BCUT2D eigenvalue weighted by molar-refractivity contribution is 5.96. The second-order valence-electron chi connectivity index (χ2n) is 5.88. The third-order valence-electron chi connectivity index (χ3n) is 3.98. The fourth-order valence-corrected chi connectivity index (χ4v) is 2.47. The van der Waals surface area contributed by atoms with Crippen molar-refractivity contribution in [2.75, 3.05) is 11.9 Å². The number of H-pyrrole nitrogens is 1. The van der Waals surface area contributed by atoms with Crippen LogP contribution in [-0.4, -0.2) is 34.2 Å². The minimum Gasteiger partial charge on any atom is -0.347 e. The van der Waals surface area contributed by atoms with Gasteiger partial charge in [-0.25, -0.2) is 0 Å². The van der Waals surface area contributed by atoms with Crippen molar-refractivity contribution in [1.82, 2.24) is 15.5 Å². The van der Waals surface area contributed by atoms with Crippen molar-refractivity contribution in [3.8, 4) is 12.3 Å². The van der Waals surface area contributed by atoms with E-state index in [1.54, 1.807) is 18.3 Å². The topological polar surface area (TPSA) is 112 Å². The predicted molar refractivity (Wildman–Crippen MR) is 92.6 cm³/mol. The first-order valence-electron chi connectivity index (χ1n) is 7.97. The zero-order valence-electron chi connectivity index (χ0n) is 13.6. The average molecular weight is 338 g/mol. The quantitative estimate of drug-likeness (QED) is 0.640. The molecule has 2 heterocycles. The highest BCUT2D eigenvalue weighted by atomic mass is 16.2. The summed E-state index contributed by atoms with van der Waals surface area (Å²) in [5.74, 6) is 2.04. The lowest BCUT2D eigenvalue weighted by Crippen LogP contribution is -2.33. The highest BCUT2D eigenvalue weighted by Crippen LogP contribution is 2.37. The summed E-state index contributed by atoms with van der Waals surface area (Å²) in [5, 5.41) is 21.0. The normalized spacial score (nSPS) is 14.0. The molecule has 0 fully saturated rings. The zero-order valence-corrected chi connectivity index (χ0v) is 13.6. The second-order valence-corrected chi connectivity index (χ2v) is 5.88. The molecule has 1 aliphatic rings. The maximum absolute atomic E-state index is 11.9. The summed E-state index contributed by atoms with van der Waals surface area (Å²) in [7, 11) is 0. The van der Waals surface area contributed by atoms with Crippen LogP contribution < -0.4 is 10.6 Å². The number of rotatable bonds is 8. The number of hydrogen-bond donors (Lipinski definition) is 3. The molecule has 8 heteroatoms. The maximum Gasteiger partial charge on any atom is 0.243 e. The van der Waals surface area contributed by atoms with E-state index < -0.39 is 5.66 Å². The van der Waals surface area contributed by atoms with Gasteiger partial charge in [0.05, 0.1) is 18.3 Å². The van der Waals surface area contributed by atoms with E-state index in [4.69, 9.17) is 6.42 Å². The summed E-state index contributed by atoms with van der Waals surface area (Å²) >= 11 is 0. The van der Waals surface area contributed by atoms with Crippen molar-refractivity contribution >= 4 is 28.4 Å². The third kappa shape index (κ3) is 4.41. The van der Waals surface area contributed by atoms with Crippen LogP contribution in [0.2, 0.25) is 0 Å². The molecular weight excluding hydrogens is 320 g/mol. The molecule has 3 N–H and O–H groups in total. The van der Waals surface area contributed by atoms with Gasteiger partial charge in [-0.3, -0.25) is 14.7 Å². The van der Waals surface area contributed by atoms with E-state index in [0.717, 1.165) is 10.9 Å². The van der Waals surface area contributed by atoms with E-state index in [1.165, 1.54) is 0 Å². The van der Waals surface area contributed by atoms with Gasteiger partial charge < -0.3 is 10.6 Å². The van der Waals surface area contributed by atoms with Gasteiger partial charge >= 0.3 is 0 Å². The molecule has 1 aromatic heterocycles. The predicted octanol–water partition coefficient (Wildman–Crippen LogP) is 1.97. The first-order chi connectivity index (χ1) is 12.1. The number of hydrogen-bond acceptors (Lipinski definition) is 5. The minimum atomic E-state index is -0.481. The van der Waals surface area contributed by atoms with Gasteiger partial charge in [-0.1, -0.05) is 0 Å². The molecule has 1 aliphatic heterocycles. The van der Waals surface area contributed by atoms with Crippen molar-refractivity contribution in [3.05, 3.63) is 24.4 Å². The Morgan fingerprint density at radius 3 is 2.84 bits per heavy atom. The van der Waals surface area contributed by atoms with E-state index in [2.05, 4.69) is 37.0 Å². The number of nitrogens with one attached hydrogen (secondary N) is 3.